The van der Waals surface area contributed by atoms with Gasteiger partial charge in [0.2, 0.25) is 0 Å². The second-order valence-electron chi connectivity index (χ2n) is 4.45. The summed E-state index contributed by atoms with van der Waals surface area (Å²) in [6.45, 7) is 0.878. The van der Waals surface area contributed by atoms with Crippen LogP contribution in [0.3, 0.4) is 0 Å². The Kier molecular flexibility index (Phi) is 3.18. The summed E-state index contributed by atoms with van der Waals surface area (Å²) in [5.74, 6) is 0.775. The van der Waals surface area contributed by atoms with Crippen molar-refractivity contribution >= 4 is 11.3 Å². The molecule has 0 fully saturated rings. The number of aromatic nitrogens is 1. The Morgan fingerprint density at radius 2 is 2.15 bits per heavy atom. The fourth-order valence-corrected chi connectivity index (χ4v) is 2.99. The molecule has 106 valence electrons. The molecule has 2 aromatic rings. The van der Waals surface area contributed by atoms with Gasteiger partial charge in [-0.05, 0) is 23.3 Å². The molecule has 1 aromatic carbocycles. The first-order valence-electron chi connectivity index (χ1n) is 6.01. The van der Waals surface area contributed by atoms with Gasteiger partial charge in [-0.15, -0.1) is 11.3 Å². The van der Waals surface area contributed by atoms with E-state index in [1.54, 1.807) is 6.07 Å². The summed E-state index contributed by atoms with van der Waals surface area (Å²) in [5, 5.41) is -0.835. The molecule has 0 radical (unpaired) electrons. The van der Waals surface area contributed by atoms with Crippen LogP contribution in [0.1, 0.15) is 16.1 Å². The summed E-state index contributed by atoms with van der Waals surface area (Å²) in [7, 11) is 0. The van der Waals surface area contributed by atoms with Crippen LogP contribution in [0, 0.1) is 0 Å². The van der Waals surface area contributed by atoms with Gasteiger partial charge < -0.3 is 10.5 Å². The summed E-state index contributed by atoms with van der Waals surface area (Å²) in [6, 6.07) is 3.63. The first kappa shape index (κ1) is 13.4. The largest absolute Gasteiger partial charge is 0.493 e. The quantitative estimate of drug-likeness (QED) is 0.926. The van der Waals surface area contributed by atoms with Gasteiger partial charge in [0.1, 0.15) is 5.75 Å². The highest BCUT2D eigenvalue weighted by atomic mass is 32.1. The lowest BCUT2D eigenvalue weighted by molar-refractivity contribution is -0.137. The van der Waals surface area contributed by atoms with Crippen LogP contribution in [0.15, 0.2) is 18.3 Å². The number of thiazole rings is 1. The van der Waals surface area contributed by atoms with Crippen molar-refractivity contribution in [2.24, 2.45) is 5.73 Å². The van der Waals surface area contributed by atoms with Crippen LogP contribution >= 0.6 is 11.3 Å². The van der Waals surface area contributed by atoms with Crippen LogP contribution in [0.2, 0.25) is 0 Å². The number of ether oxygens (including phenoxy) is 1. The number of alkyl halides is 3. The molecule has 0 saturated carbocycles. The van der Waals surface area contributed by atoms with Gasteiger partial charge in [0.05, 0.1) is 11.5 Å². The van der Waals surface area contributed by atoms with Gasteiger partial charge in [-0.25, -0.2) is 4.98 Å². The zero-order chi connectivity index (χ0) is 14.3. The van der Waals surface area contributed by atoms with Crippen molar-refractivity contribution in [2.45, 2.75) is 19.1 Å². The minimum atomic E-state index is -4.40. The second-order valence-corrected chi connectivity index (χ2v) is 5.48. The Morgan fingerprint density at radius 3 is 2.80 bits per heavy atom. The Morgan fingerprint density at radius 1 is 1.35 bits per heavy atom. The predicted molar refractivity (Wildman–Crippen MR) is 69.6 cm³/mol. The fraction of sp³-hybridized carbons (Fsp3) is 0.308. The molecule has 0 unspecified atom stereocenters. The SMILES string of the molecule is NCc1cc(-c2cnc(C(F)(F)F)s2)cc2c1OCC2. The van der Waals surface area contributed by atoms with Crippen molar-refractivity contribution in [1.82, 2.24) is 4.98 Å². The molecule has 0 spiro atoms. The van der Waals surface area contributed by atoms with Crippen LogP contribution in [0.25, 0.3) is 10.4 Å². The number of benzene rings is 1. The third-order valence-corrected chi connectivity index (χ3v) is 4.20. The third kappa shape index (κ3) is 2.27. The van der Waals surface area contributed by atoms with Crippen LogP contribution in [-0.2, 0) is 19.1 Å². The second kappa shape index (κ2) is 4.75. The van der Waals surface area contributed by atoms with E-state index in [9.17, 15) is 13.2 Å². The lowest BCUT2D eigenvalue weighted by Crippen LogP contribution is -2.02. The number of nitrogens with zero attached hydrogens (tertiary/aromatic N) is 1. The van der Waals surface area contributed by atoms with Gasteiger partial charge in [0.15, 0.2) is 5.01 Å². The molecule has 1 aromatic heterocycles. The molecule has 0 amide bonds. The summed E-state index contributed by atoms with van der Waals surface area (Å²) in [6.07, 6.45) is -2.40. The van der Waals surface area contributed by atoms with Crippen molar-refractivity contribution in [3.8, 4) is 16.2 Å². The average molecular weight is 300 g/mol. The Labute approximate surface area is 117 Å². The lowest BCUT2D eigenvalue weighted by Gasteiger charge is -2.08. The summed E-state index contributed by atoms with van der Waals surface area (Å²) >= 11 is 0.640. The maximum Gasteiger partial charge on any atom is 0.443 e. The van der Waals surface area contributed by atoms with Gasteiger partial charge in [-0.3, -0.25) is 0 Å². The lowest BCUT2D eigenvalue weighted by atomic mass is 10.0. The van der Waals surface area contributed by atoms with Crippen molar-refractivity contribution in [2.75, 3.05) is 6.61 Å². The molecular formula is C13H11F3N2OS. The minimum Gasteiger partial charge on any atom is -0.493 e. The molecule has 3 rings (SSSR count). The van der Waals surface area contributed by atoms with E-state index in [1.165, 1.54) is 6.20 Å². The molecule has 3 nitrogen and oxygen atoms in total. The topological polar surface area (TPSA) is 48.1 Å². The first-order chi connectivity index (χ1) is 9.49. The molecule has 0 aliphatic carbocycles. The van der Waals surface area contributed by atoms with E-state index in [4.69, 9.17) is 10.5 Å². The van der Waals surface area contributed by atoms with E-state index < -0.39 is 11.2 Å². The normalized spacial score (nSPS) is 14.2. The number of hydrogen-bond donors (Lipinski definition) is 1. The number of hydrogen-bond acceptors (Lipinski definition) is 4. The highest BCUT2D eigenvalue weighted by molar-refractivity contribution is 7.15. The molecule has 0 atom stereocenters. The molecule has 20 heavy (non-hydrogen) atoms. The Bertz CT molecular complexity index is 652. The third-order valence-electron chi connectivity index (χ3n) is 3.11. The van der Waals surface area contributed by atoms with Crippen molar-refractivity contribution < 1.29 is 17.9 Å². The summed E-state index contributed by atoms with van der Waals surface area (Å²) in [4.78, 5) is 3.93. The molecule has 1 aliphatic heterocycles. The minimum absolute atomic E-state index is 0.293. The number of rotatable bonds is 2. The molecule has 2 heterocycles. The van der Waals surface area contributed by atoms with Crippen molar-refractivity contribution in [1.29, 1.82) is 0 Å². The highest BCUT2D eigenvalue weighted by Gasteiger charge is 2.34. The predicted octanol–water partition coefficient (Wildman–Crippen LogP) is 3.22. The van der Waals surface area contributed by atoms with Gasteiger partial charge in [-0.2, -0.15) is 13.2 Å². The smallest absolute Gasteiger partial charge is 0.443 e. The molecule has 2 N–H and O–H groups in total. The highest BCUT2D eigenvalue weighted by Crippen LogP contribution is 2.39. The Hall–Kier alpha value is -1.60. The standard InChI is InChI=1S/C13H11F3N2OS/c14-13(15,16)12-18-6-10(20-12)8-3-7-1-2-19-11(7)9(4-8)5-17/h3-4,6H,1-2,5,17H2. The zero-order valence-corrected chi connectivity index (χ0v) is 11.1. The van der Waals surface area contributed by atoms with E-state index in [1.807, 2.05) is 6.07 Å². The molecule has 7 heteroatoms. The van der Waals surface area contributed by atoms with E-state index in [2.05, 4.69) is 4.98 Å². The zero-order valence-electron chi connectivity index (χ0n) is 10.3. The van der Waals surface area contributed by atoms with Gasteiger partial charge in [0, 0.05) is 24.7 Å². The number of nitrogens with two attached hydrogens (primary N) is 1. The van der Waals surface area contributed by atoms with Crippen molar-refractivity contribution in [3.05, 3.63) is 34.5 Å². The van der Waals surface area contributed by atoms with Gasteiger partial charge in [0.25, 0.3) is 0 Å². The van der Waals surface area contributed by atoms with Crippen LogP contribution in [0.5, 0.6) is 5.75 Å². The first-order valence-corrected chi connectivity index (χ1v) is 6.83. The van der Waals surface area contributed by atoms with Crippen LogP contribution in [-0.4, -0.2) is 11.6 Å². The van der Waals surface area contributed by atoms with Gasteiger partial charge in [-0.1, -0.05) is 0 Å². The maximum absolute atomic E-state index is 12.6. The van der Waals surface area contributed by atoms with Crippen LogP contribution in [0.4, 0.5) is 13.2 Å². The van der Waals surface area contributed by atoms with Crippen molar-refractivity contribution in [3.63, 3.8) is 0 Å². The monoisotopic (exact) mass is 300 g/mol. The van der Waals surface area contributed by atoms with Crippen LogP contribution < -0.4 is 10.5 Å². The maximum atomic E-state index is 12.6. The van der Waals surface area contributed by atoms with E-state index in [-0.39, 0.29) is 0 Å². The van der Waals surface area contributed by atoms with E-state index >= 15 is 0 Å². The molecule has 0 bridgehead atoms. The summed E-state index contributed by atoms with van der Waals surface area (Å²) in [5.41, 5.74) is 8.19. The number of halogens is 3. The summed E-state index contributed by atoms with van der Waals surface area (Å²) < 4.78 is 43.3. The molecular weight excluding hydrogens is 289 g/mol. The fourth-order valence-electron chi connectivity index (χ4n) is 2.22. The Balaban J connectivity index is 2.05. The average Bonchev–Trinajstić information content (AvgIpc) is 3.05. The number of fused-ring (bicyclic) bond motifs is 1. The van der Waals surface area contributed by atoms with E-state index in [0.717, 1.165) is 23.3 Å². The molecule has 0 saturated heterocycles. The van der Waals surface area contributed by atoms with E-state index in [0.29, 0.717) is 34.9 Å². The van der Waals surface area contributed by atoms with Gasteiger partial charge >= 0.3 is 6.18 Å². The molecule has 1 aliphatic rings.